The van der Waals surface area contributed by atoms with Crippen LogP contribution in [0.1, 0.15) is 57.4 Å². The van der Waals surface area contributed by atoms with E-state index in [-0.39, 0.29) is 6.61 Å². The minimum atomic E-state index is -1.04. The molecule has 2 N–H and O–H groups in total. The molecule has 0 spiro atoms. The first-order valence-electron chi connectivity index (χ1n) is 10.0. The SMILES string of the molecule is CCCCCC[C@@H](NC(=O)[C@H]1CCCN1C(=O)OCc1ccccc1)C(=O)O. The number of carbonyl (C=O) groups is 3. The Morgan fingerprint density at radius 2 is 1.96 bits per heavy atom. The summed E-state index contributed by atoms with van der Waals surface area (Å²) in [4.78, 5) is 37.9. The zero-order valence-corrected chi connectivity index (χ0v) is 16.4. The Bertz CT molecular complexity index is 649. The number of aliphatic carboxylic acids is 1. The lowest BCUT2D eigenvalue weighted by molar-refractivity contribution is -0.142. The van der Waals surface area contributed by atoms with Crippen LogP contribution in [0.3, 0.4) is 0 Å². The number of carbonyl (C=O) groups excluding carboxylic acids is 2. The van der Waals surface area contributed by atoms with Gasteiger partial charge in [-0.1, -0.05) is 62.9 Å². The molecule has 1 fully saturated rings. The van der Waals surface area contributed by atoms with Gasteiger partial charge in [0.25, 0.3) is 0 Å². The van der Waals surface area contributed by atoms with E-state index in [0.29, 0.717) is 25.8 Å². The first kappa shape index (κ1) is 21.7. The summed E-state index contributed by atoms with van der Waals surface area (Å²) < 4.78 is 5.33. The number of hydrogen-bond donors (Lipinski definition) is 2. The molecule has 1 saturated heterocycles. The molecule has 1 aromatic carbocycles. The van der Waals surface area contributed by atoms with Crippen molar-refractivity contribution in [3.05, 3.63) is 35.9 Å². The molecule has 2 amide bonds. The minimum absolute atomic E-state index is 0.139. The number of nitrogens with one attached hydrogen (secondary N) is 1. The Kier molecular flexibility index (Phi) is 8.78. The third kappa shape index (κ3) is 6.55. The molecule has 0 aromatic heterocycles. The molecule has 1 aliphatic rings. The van der Waals surface area contributed by atoms with Crippen LogP contribution in [0.25, 0.3) is 0 Å². The second-order valence-corrected chi connectivity index (χ2v) is 7.14. The lowest BCUT2D eigenvalue weighted by Gasteiger charge is -2.25. The Morgan fingerprint density at radius 3 is 2.64 bits per heavy atom. The van der Waals surface area contributed by atoms with Gasteiger partial charge < -0.3 is 15.2 Å². The summed E-state index contributed by atoms with van der Waals surface area (Å²) in [6.45, 7) is 2.65. The van der Waals surface area contributed by atoms with Gasteiger partial charge in [-0.3, -0.25) is 9.69 Å². The number of hydrogen-bond acceptors (Lipinski definition) is 4. The van der Waals surface area contributed by atoms with Crippen molar-refractivity contribution in [1.29, 1.82) is 0 Å². The highest BCUT2D eigenvalue weighted by atomic mass is 16.6. The fourth-order valence-corrected chi connectivity index (χ4v) is 3.36. The quantitative estimate of drug-likeness (QED) is 0.598. The van der Waals surface area contributed by atoms with E-state index < -0.39 is 30.1 Å². The molecule has 0 aliphatic carbocycles. The molecule has 154 valence electrons. The van der Waals surface area contributed by atoms with Crippen LogP contribution in [0.4, 0.5) is 4.79 Å². The Balaban J connectivity index is 1.87. The van der Waals surface area contributed by atoms with Crippen molar-refractivity contribution < 1.29 is 24.2 Å². The zero-order chi connectivity index (χ0) is 20.4. The van der Waals surface area contributed by atoms with Crippen LogP contribution in [0, 0.1) is 0 Å². The summed E-state index contributed by atoms with van der Waals surface area (Å²) >= 11 is 0. The Hall–Kier alpha value is -2.57. The first-order chi connectivity index (χ1) is 13.5. The molecule has 2 atom stereocenters. The normalized spacial score (nSPS) is 17.2. The molecule has 7 heteroatoms. The fraction of sp³-hybridized carbons (Fsp3) is 0.571. The van der Waals surface area contributed by atoms with E-state index in [4.69, 9.17) is 4.74 Å². The van der Waals surface area contributed by atoms with Crippen LogP contribution in [0.5, 0.6) is 0 Å². The number of nitrogens with zero attached hydrogens (tertiary/aromatic N) is 1. The number of carboxylic acid groups (broad SMARTS) is 1. The highest BCUT2D eigenvalue weighted by Crippen LogP contribution is 2.19. The van der Waals surface area contributed by atoms with Crippen molar-refractivity contribution in [1.82, 2.24) is 10.2 Å². The first-order valence-corrected chi connectivity index (χ1v) is 10.0. The van der Waals surface area contributed by atoms with E-state index >= 15 is 0 Å². The van der Waals surface area contributed by atoms with Gasteiger partial charge in [-0.05, 0) is 24.8 Å². The van der Waals surface area contributed by atoms with Crippen LogP contribution < -0.4 is 5.32 Å². The van der Waals surface area contributed by atoms with Crippen LogP contribution in [0.15, 0.2) is 30.3 Å². The van der Waals surface area contributed by atoms with E-state index in [0.717, 1.165) is 31.2 Å². The molecule has 0 bridgehead atoms. The predicted octanol–water partition coefficient (Wildman–Crippen LogP) is 3.33. The van der Waals surface area contributed by atoms with Crippen LogP contribution in [-0.4, -0.2) is 46.6 Å². The number of benzene rings is 1. The van der Waals surface area contributed by atoms with Gasteiger partial charge in [0, 0.05) is 6.54 Å². The largest absolute Gasteiger partial charge is 0.480 e. The van der Waals surface area contributed by atoms with Gasteiger partial charge in [0.1, 0.15) is 18.7 Å². The van der Waals surface area contributed by atoms with Gasteiger partial charge in [-0.25, -0.2) is 9.59 Å². The van der Waals surface area contributed by atoms with E-state index in [9.17, 15) is 19.5 Å². The number of rotatable bonds is 10. The second kappa shape index (κ2) is 11.3. The summed E-state index contributed by atoms with van der Waals surface area (Å²) in [5.41, 5.74) is 0.870. The number of unbranched alkanes of at least 4 members (excludes halogenated alkanes) is 3. The highest BCUT2D eigenvalue weighted by Gasteiger charge is 2.36. The van der Waals surface area contributed by atoms with E-state index in [2.05, 4.69) is 12.2 Å². The van der Waals surface area contributed by atoms with Crippen LogP contribution in [0.2, 0.25) is 0 Å². The van der Waals surface area contributed by atoms with Crippen molar-refractivity contribution in [2.45, 2.75) is 70.6 Å². The molecule has 2 rings (SSSR count). The molecule has 28 heavy (non-hydrogen) atoms. The van der Waals surface area contributed by atoms with Gasteiger partial charge >= 0.3 is 12.1 Å². The zero-order valence-electron chi connectivity index (χ0n) is 16.4. The van der Waals surface area contributed by atoms with Crippen molar-refractivity contribution >= 4 is 18.0 Å². The number of ether oxygens (including phenoxy) is 1. The van der Waals surface area contributed by atoms with Crippen molar-refractivity contribution in [2.24, 2.45) is 0 Å². The number of likely N-dealkylation sites (tertiary alicyclic amines) is 1. The molecule has 1 heterocycles. The van der Waals surface area contributed by atoms with Crippen LogP contribution >= 0.6 is 0 Å². The van der Waals surface area contributed by atoms with Gasteiger partial charge in [0.05, 0.1) is 0 Å². The minimum Gasteiger partial charge on any atom is -0.480 e. The summed E-state index contributed by atoms with van der Waals surface area (Å²) in [6, 6.07) is 7.72. The maximum Gasteiger partial charge on any atom is 0.410 e. The molecule has 1 aromatic rings. The molecule has 0 unspecified atom stereocenters. The van der Waals surface area contributed by atoms with Crippen molar-refractivity contribution in [3.8, 4) is 0 Å². The third-order valence-corrected chi connectivity index (χ3v) is 4.96. The lowest BCUT2D eigenvalue weighted by Crippen LogP contribution is -2.50. The monoisotopic (exact) mass is 390 g/mol. The smallest absolute Gasteiger partial charge is 0.410 e. The Labute approximate surface area is 166 Å². The predicted molar refractivity (Wildman–Crippen MR) is 105 cm³/mol. The van der Waals surface area contributed by atoms with Crippen LogP contribution in [-0.2, 0) is 20.9 Å². The molecular formula is C21H30N2O5. The topological polar surface area (TPSA) is 95.9 Å². The van der Waals surface area contributed by atoms with E-state index in [1.54, 1.807) is 0 Å². The molecule has 0 radical (unpaired) electrons. The summed E-state index contributed by atoms with van der Waals surface area (Å²) in [5.74, 6) is -1.46. The van der Waals surface area contributed by atoms with Crippen molar-refractivity contribution in [2.75, 3.05) is 6.54 Å². The molecular weight excluding hydrogens is 360 g/mol. The van der Waals surface area contributed by atoms with Gasteiger partial charge in [-0.2, -0.15) is 0 Å². The maximum absolute atomic E-state index is 12.6. The fourth-order valence-electron chi connectivity index (χ4n) is 3.36. The van der Waals surface area contributed by atoms with Gasteiger partial charge in [0.15, 0.2) is 0 Å². The van der Waals surface area contributed by atoms with Crippen molar-refractivity contribution in [3.63, 3.8) is 0 Å². The van der Waals surface area contributed by atoms with E-state index in [1.165, 1.54) is 4.90 Å². The summed E-state index contributed by atoms with van der Waals surface area (Å²) in [7, 11) is 0. The number of amides is 2. The Morgan fingerprint density at radius 1 is 1.21 bits per heavy atom. The lowest BCUT2D eigenvalue weighted by atomic mass is 10.1. The van der Waals surface area contributed by atoms with E-state index in [1.807, 2.05) is 30.3 Å². The maximum atomic E-state index is 12.6. The third-order valence-electron chi connectivity index (χ3n) is 4.96. The average molecular weight is 390 g/mol. The number of carboxylic acids is 1. The summed E-state index contributed by atoms with van der Waals surface area (Å²) in [5, 5.41) is 12.0. The molecule has 7 nitrogen and oxygen atoms in total. The molecule has 1 aliphatic heterocycles. The summed E-state index contributed by atoms with van der Waals surface area (Å²) in [6.07, 6.45) is 4.84. The van der Waals surface area contributed by atoms with Gasteiger partial charge in [-0.15, -0.1) is 0 Å². The second-order valence-electron chi connectivity index (χ2n) is 7.14. The average Bonchev–Trinajstić information content (AvgIpc) is 3.19. The van der Waals surface area contributed by atoms with Gasteiger partial charge in [0.2, 0.25) is 5.91 Å². The highest BCUT2D eigenvalue weighted by molar-refractivity contribution is 5.89. The standard InChI is InChI=1S/C21H30N2O5/c1-2-3-4-8-12-17(20(25)26)22-19(24)18-13-9-14-23(18)21(27)28-15-16-10-6-5-7-11-16/h5-7,10-11,17-18H,2-4,8-9,12-15H2,1H3,(H,22,24)(H,25,26)/t17-,18-/m1/s1. The molecule has 0 saturated carbocycles.